The van der Waals surface area contributed by atoms with Gasteiger partial charge in [0.05, 0.1) is 34.2 Å². The zero-order valence-electron chi connectivity index (χ0n) is 19.9. The number of carbonyl (C=O) groups is 1. The lowest BCUT2D eigenvalue weighted by atomic mass is 10.1. The highest BCUT2D eigenvalue weighted by atomic mass is 19.1. The van der Waals surface area contributed by atoms with Gasteiger partial charge in [0.25, 0.3) is 5.91 Å². The molecule has 0 radical (unpaired) electrons. The van der Waals surface area contributed by atoms with Crippen molar-refractivity contribution in [2.45, 2.75) is 40.7 Å². The second-order valence-electron chi connectivity index (χ2n) is 8.56. The predicted octanol–water partition coefficient (Wildman–Crippen LogP) is 4.56. The van der Waals surface area contributed by atoms with Gasteiger partial charge < -0.3 is 9.73 Å². The fourth-order valence-corrected chi connectivity index (χ4v) is 4.01. The Kier molecular flexibility index (Phi) is 5.39. The molecule has 5 rings (SSSR count). The molecule has 178 valence electrons. The summed E-state index contributed by atoms with van der Waals surface area (Å²) in [6.07, 6.45) is 1.60. The summed E-state index contributed by atoms with van der Waals surface area (Å²) in [4.78, 5) is 18.3. The third kappa shape index (κ3) is 3.94. The zero-order chi connectivity index (χ0) is 24.9. The lowest BCUT2D eigenvalue weighted by Gasteiger charge is -2.12. The van der Waals surface area contributed by atoms with Gasteiger partial charge in [-0.15, -0.1) is 5.10 Å². The summed E-state index contributed by atoms with van der Waals surface area (Å²) >= 11 is 0. The van der Waals surface area contributed by atoms with Gasteiger partial charge in [-0.1, -0.05) is 0 Å². The van der Waals surface area contributed by atoms with E-state index < -0.39 is 11.7 Å². The smallest absolute Gasteiger partial charge is 0.256 e. The van der Waals surface area contributed by atoms with E-state index >= 15 is 0 Å². The molecule has 4 aromatic heterocycles. The van der Waals surface area contributed by atoms with E-state index in [-0.39, 0.29) is 11.7 Å². The minimum atomic E-state index is -0.586. The van der Waals surface area contributed by atoms with Crippen LogP contribution >= 0.6 is 0 Å². The Hall–Kier alpha value is -4.41. The van der Waals surface area contributed by atoms with Crippen LogP contribution in [0.3, 0.4) is 0 Å². The van der Waals surface area contributed by atoms with Crippen LogP contribution < -0.4 is 5.32 Å². The highest BCUT2D eigenvalue weighted by Gasteiger charge is 2.21. The maximum atomic E-state index is 14.7. The van der Waals surface area contributed by atoms with Crippen molar-refractivity contribution in [2.24, 2.45) is 0 Å². The van der Waals surface area contributed by atoms with E-state index in [1.54, 1.807) is 23.9 Å². The number of carbonyl (C=O) groups excluding carboxylic acids is 1. The summed E-state index contributed by atoms with van der Waals surface area (Å²) in [5.74, 6) is 0.870. The Morgan fingerprint density at radius 1 is 1.14 bits per heavy atom. The van der Waals surface area contributed by atoms with E-state index in [4.69, 9.17) is 9.40 Å². The number of aromatic nitrogens is 7. The quantitative estimate of drug-likeness (QED) is 0.397. The third-order valence-corrected chi connectivity index (χ3v) is 5.69. The first-order valence-electron chi connectivity index (χ1n) is 11.0. The van der Waals surface area contributed by atoms with Crippen molar-refractivity contribution in [3.8, 4) is 16.9 Å². The van der Waals surface area contributed by atoms with Gasteiger partial charge in [0, 0.05) is 11.6 Å². The second-order valence-corrected chi connectivity index (χ2v) is 8.56. The normalized spacial score (nSPS) is 11.5. The van der Waals surface area contributed by atoms with Crippen LogP contribution in [0.1, 0.15) is 47.6 Å². The number of halogens is 1. The van der Waals surface area contributed by atoms with E-state index in [2.05, 4.69) is 25.9 Å². The summed E-state index contributed by atoms with van der Waals surface area (Å²) in [5, 5.41) is 19.1. The van der Waals surface area contributed by atoms with E-state index in [0.29, 0.717) is 39.6 Å². The standard InChI is InChI=1S/C24H23FN8O2/c1-12(2)32-23-19(11-26-32)18(10-21(27-23)17-8-13(3)35-14(17)4)24(34)28-22-9-16(6-7-20(22)25)33-15(5)29-30-31-33/h6-12H,1-5H3,(H,28,34). The summed E-state index contributed by atoms with van der Waals surface area (Å²) < 4.78 is 23.6. The van der Waals surface area contributed by atoms with Crippen molar-refractivity contribution in [1.29, 1.82) is 0 Å². The molecule has 0 aliphatic heterocycles. The first-order chi connectivity index (χ1) is 16.7. The van der Waals surface area contributed by atoms with Gasteiger partial charge in [-0.05, 0) is 75.4 Å². The number of nitrogens with zero attached hydrogens (tertiary/aromatic N) is 7. The molecule has 5 aromatic rings. The first-order valence-corrected chi connectivity index (χ1v) is 11.0. The highest BCUT2D eigenvalue weighted by Crippen LogP contribution is 2.31. The Morgan fingerprint density at radius 3 is 2.60 bits per heavy atom. The summed E-state index contributed by atoms with van der Waals surface area (Å²) in [6, 6.07) is 7.85. The molecular weight excluding hydrogens is 451 g/mol. The molecule has 1 amide bonds. The average molecular weight is 475 g/mol. The summed E-state index contributed by atoms with van der Waals surface area (Å²) in [6.45, 7) is 9.38. The lowest BCUT2D eigenvalue weighted by Crippen LogP contribution is -2.15. The fraction of sp³-hybridized carbons (Fsp3) is 0.250. The molecule has 0 atom stereocenters. The number of rotatable bonds is 5. The van der Waals surface area contributed by atoms with Crippen LogP contribution in [-0.2, 0) is 0 Å². The molecule has 4 heterocycles. The van der Waals surface area contributed by atoms with Crippen molar-refractivity contribution in [2.75, 3.05) is 5.32 Å². The number of amides is 1. The molecule has 0 unspecified atom stereocenters. The number of aryl methyl sites for hydroxylation is 3. The summed E-state index contributed by atoms with van der Waals surface area (Å²) in [7, 11) is 0. The number of pyridine rings is 1. The number of furan rings is 1. The lowest BCUT2D eigenvalue weighted by molar-refractivity contribution is 0.102. The monoisotopic (exact) mass is 474 g/mol. The predicted molar refractivity (Wildman–Crippen MR) is 127 cm³/mol. The van der Waals surface area contributed by atoms with Crippen LogP contribution in [0.2, 0.25) is 0 Å². The molecular formula is C24H23FN8O2. The molecule has 0 saturated carbocycles. The Balaban J connectivity index is 1.61. The van der Waals surface area contributed by atoms with E-state index in [9.17, 15) is 9.18 Å². The van der Waals surface area contributed by atoms with Gasteiger partial charge in [0.1, 0.15) is 17.3 Å². The minimum Gasteiger partial charge on any atom is -0.466 e. The molecule has 1 aromatic carbocycles. The maximum absolute atomic E-state index is 14.7. The molecule has 11 heteroatoms. The zero-order valence-corrected chi connectivity index (χ0v) is 19.9. The highest BCUT2D eigenvalue weighted by molar-refractivity contribution is 6.12. The number of nitrogens with one attached hydrogen (secondary N) is 1. The van der Waals surface area contributed by atoms with Crippen LogP contribution in [0.4, 0.5) is 10.1 Å². The number of fused-ring (bicyclic) bond motifs is 1. The van der Waals surface area contributed by atoms with Crippen LogP contribution in [-0.4, -0.2) is 40.9 Å². The van der Waals surface area contributed by atoms with E-state index in [0.717, 1.165) is 11.3 Å². The van der Waals surface area contributed by atoms with Gasteiger partial charge >= 0.3 is 0 Å². The van der Waals surface area contributed by atoms with Crippen LogP contribution in [0, 0.1) is 26.6 Å². The van der Waals surface area contributed by atoms with Crippen molar-refractivity contribution < 1.29 is 13.6 Å². The largest absolute Gasteiger partial charge is 0.466 e. The Bertz CT molecular complexity index is 1580. The van der Waals surface area contributed by atoms with Crippen molar-refractivity contribution >= 4 is 22.6 Å². The van der Waals surface area contributed by atoms with Gasteiger partial charge in [-0.25, -0.2) is 14.1 Å². The Morgan fingerprint density at radius 2 is 1.94 bits per heavy atom. The molecule has 10 nitrogen and oxygen atoms in total. The molecule has 0 fully saturated rings. The molecule has 35 heavy (non-hydrogen) atoms. The van der Waals surface area contributed by atoms with Gasteiger partial charge in [0.2, 0.25) is 0 Å². The number of hydrogen-bond donors (Lipinski definition) is 1. The van der Waals surface area contributed by atoms with Crippen molar-refractivity contribution in [3.63, 3.8) is 0 Å². The SMILES string of the molecule is Cc1cc(-c2cc(C(=O)Nc3cc(-n4nnnc4C)ccc3F)c3cnn(C(C)C)c3n2)c(C)o1. The second kappa shape index (κ2) is 8.42. The molecule has 1 N–H and O–H groups in total. The molecule has 0 bridgehead atoms. The first kappa shape index (κ1) is 22.4. The molecule has 0 aliphatic carbocycles. The van der Waals surface area contributed by atoms with Gasteiger partial charge in [0.15, 0.2) is 11.5 Å². The fourth-order valence-electron chi connectivity index (χ4n) is 4.01. The third-order valence-electron chi connectivity index (χ3n) is 5.69. The number of anilines is 1. The van der Waals surface area contributed by atoms with Crippen molar-refractivity contribution in [1.82, 2.24) is 35.0 Å². The topological polar surface area (TPSA) is 117 Å². The van der Waals surface area contributed by atoms with Gasteiger partial charge in [-0.3, -0.25) is 4.79 Å². The average Bonchev–Trinajstić information content (AvgIpc) is 3.52. The number of hydrogen-bond acceptors (Lipinski definition) is 7. The number of tetrazole rings is 1. The van der Waals surface area contributed by atoms with Crippen LogP contribution in [0.25, 0.3) is 28.0 Å². The van der Waals surface area contributed by atoms with Gasteiger partial charge in [-0.2, -0.15) is 9.78 Å². The van der Waals surface area contributed by atoms with E-state index in [1.165, 1.54) is 22.9 Å². The van der Waals surface area contributed by atoms with Crippen molar-refractivity contribution in [3.05, 3.63) is 65.3 Å². The Labute approximate surface area is 199 Å². The van der Waals surface area contributed by atoms with Crippen LogP contribution in [0.5, 0.6) is 0 Å². The maximum Gasteiger partial charge on any atom is 0.256 e. The number of benzene rings is 1. The minimum absolute atomic E-state index is 0.000463. The van der Waals surface area contributed by atoms with Crippen LogP contribution in [0.15, 0.2) is 40.9 Å². The molecule has 0 saturated heterocycles. The molecule has 0 aliphatic rings. The van der Waals surface area contributed by atoms with E-state index in [1.807, 2.05) is 33.8 Å². The molecule has 0 spiro atoms. The summed E-state index contributed by atoms with van der Waals surface area (Å²) in [5.41, 5.74) is 2.73.